The van der Waals surface area contributed by atoms with Crippen molar-refractivity contribution in [1.82, 2.24) is 0 Å². The topological polar surface area (TPSA) is 0 Å². The number of fused-ring (bicyclic) bond motifs is 2. The van der Waals surface area contributed by atoms with Gasteiger partial charge in [0.15, 0.2) is 0 Å². The molecule has 120 valence electrons. The van der Waals surface area contributed by atoms with Crippen molar-refractivity contribution in [3.8, 4) is 0 Å². The standard InChI is InChI=1S/C11H11.C9H7.C2H6Si.Zr/c1-2-9-7-8-10-5-3-4-6-11(9)10;1-2-5-9-7-3-6-8(9)4-1;1-3-2;/h3-8H,2H2,1H3;1-7H;1-2H3;/q2*-1;;+2. The maximum Gasteiger partial charge on any atom is 2.00 e. The molecule has 0 bridgehead atoms. The average molecular weight is 408 g/mol. The number of rotatable bonds is 1. The van der Waals surface area contributed by atoms with Gasteiger partial charge in [-0.1, -0.05) is 38.6 Å². The molecule has 0 saturated carbocycles. The molecule has 4 rings (SSSR count). The van der Waals surface area contributed by atoms with Gasteiger partial charge in [0.2, 0.25) is 0 Å². The Kier molecular flexibility index (Phi) is 9.83. The summed E-state index contributed by atoms with van der Waals surface area (Å²) in [6, 6.07) is 27.6. The zero-order valence-electron chi connectivity index (χ0n) is 14.7. The van der Waals surface area contributed by atoms with Crippen molar-refractivity contribution < 1.29 is 26.2 Å². The molecule has 0 aliphatic rings. The predicted molar refractivity (Wildman–Crippen MR) is 106 cm³/mol. The fourth-order valence-corrected chi connectivity index (χ4v) is 2.59. The van der Waals surface area contributed by atoms with Gasteiger partial charge in [-0.3, -0.25) is 0 Å². The molecular weight excluding hydrogens is 384 g/mol. The Bertz CT molecular complexity index is 796. The second-order valence-electron chi connectivity index (χ2n) is 5.45. The van der Waals surface area contributed by atoms with Crippen LogP contribution in [0.3, 0.4) is 0 Å². The van der Waals surface area contributed by atoms with Gasteiger partial charge in [-0.05, 0) is 0 Å². The second-order valence-corrected chi connectivity index (χ2v) is 6.45. The number of aryl methyl sites for hydroxylation is 1. The molecule has 0 N–H and O–H groups in total. The van der Waals surface area contributed by atoms with Gasteiger partial charge in [0.1, 0.15) is 0 Å². The molecule has 2 radical (unpaired) electrons. The Morgan fingerprint density at radius 1 is 0.833 bits per heavy atom. The van der Waals surface area contributed by atoms with Crippen LogP contribution < -0.4 is 0 Å². The van der Waals surface area contributed by atoms with E-state index in [9.17, 15) is 0 Å². The first kappa shape index (κ1) is 20.8. The molecule has 0 amide bonds. The monoisotopic (exact) mass is 406 g/mol. The number of hydrogen-bond donors (Lipinski definition) is 0. The molecule has 4 aromatic rings. The molecule has 0 aliphatic heterocycles. The van der Waals surface area contributed by atoms with E-state index in [2.05, 4.69) is 98.9 Å². The van der Waals surface area contributed by atoms with Gasteiger partial charge >= 0.3 is 26.2 Å². The molecule has 0 aromatic heterocycles. The predicted octanol–water partition coefficient (Wildman–Crippen LogP) is 6.46. The fourth-order valence-electron chi connectivity index (χ4n) is 2.59. The molecule has 0 spiro atoms. The van der Waals surface area contributed by atoms with Crippen LogP contribution in [0.4, 0.5) is 0 Å². The van der Waals surface area contributed by atoms with Crippen molar-refractivity contribution in [3.63, 3.8) is 0 Å². The molecule has 0 heterocycles. The molecule has 4 aromatic carbocycles. The van der Waals surface area contributed by atoms with Gasteiger partial charge in [-0.15, -0.1) is 70.8 Å². The van der Waals surface area contributed by atoms with E-state index in [0.29, 0.717) is 0 Å². The summed E-state index contributed by atoms with van der Waals surface area (Å²) in [7, 11) is 1.08. The third-order valence-corrected chi connectivity index (χ3v) is 3.70. The summed E-state index contributed by atoms with van der Waals surface area (Å²) in [6.07, 6.45) is 1.13. The SMILES string of the molecule is CCc1c[cH-]c2ccccc12.C[Si]C.[Zr+2].c1ccc2[cH-]ccc2c1. The Morgan fingerprint density at radius 3 is 2.12 bits per heavy atom. The second kappa shape index (κ2) is 11.3. The largest absolute Gasteiger partial charge is 2.00 e. The van der Waals surface area contributed by atoms with Crippen molar-refractivity contribution in [2.75, 3.05) is 0 Å². The van der Waals surface area contributed by atoms with Crippen molar-refractivity contribution >= 4 is 31.1 Å². The maximum absolute atomic E-state index is 2.21. The molecule has 0 atom stereocenters. The summed E-state index contributed by atoms with van der Waals surface area (Å²) in [5, 5.41) is 5.44. The normalized spacial score (nSPS) is 9.46. The van der Waals surface area contributed by atoms with Crippen LogP contribution in [0.15, 0.2) is 78.9 Å². The average Bonchev–Trinajstić information content (AvgIpc) is 3.22. The molecule has 0 aliphatic carbocycles. The van der Waals surface area contributed by atoms with Crippen molar-refractivity contribution in [3.05, 3.63) is 84.4 Å². The van der Waals surface area contributed by atoms with Gasteiger partial charge < -0.3 is 0 Å². The Morgan fingerprint density at radius 2 is 1.46 bits per heavy atom. The van der Waals surface area contributed by atoms with Crippen LogP contribution in [0.5, 0.6) is 0 Å². The minimum Gasteiger partial charge on any atom is -0.168 e. The van der Waals surface area contributed by atoms with Crippen LogP contribution in [0.1, 0.15) is 12.5 Å². The minimum atomic E-state index is 0. The summed E-state index contributed by atoms with van der Waals surface area (Å²) < 4.78 is 0. The van der Waals surface area contributed by atoms with Crippen molar-refractivity contribution in [2.24, 2.45) is 0 Å². The van der Waals surface area contributed by atoms with E-state index in [1.807, 2.05) is 0 Å². The van der Waals surface area contributed by atoms with Gasteiger partial charge in [0.05, 0.1) is 0 Å². The zero-order valence-corrected chi connectivity index (χ0v) is 18.2. The molecule has 0 fully saturated rings. The maximum atomic E-state index is 2.21. The first-order chi connectivity index (χ1) is 11.3. The van der Waals surface area contributed by atoms with Crippen LogP contribution in [-0.2, 0) is 32.6 Å². The van der Waals surface area contributed by atoms with Crippen molar-refractivity contribution in [1.29, 1.82) is 0 Å². The summed E-state index contributed by atoms with van der Waals surface area (Å²) in [5.41, 5.74) is 1.46. The van der Waals surface area contributed by atoms with Crippen molar-refractivity contribution in [2.45, 2.75) is 26.4 Å². The summed E-state index contributed by atoms with van der Waals surface area (Å²) in [6.45, 7) is 6.50. The number of hydrogen-bond acceptors (Lipinski definition) is 0. The van der Waals surface area contributed by atoms with E-state index in [0.717, 1.165) is 15.9 Å². The smallest absolute Gasteiger partial charge is 0.168 e. The van der Waals surface area contributed by atoms with Crippen LogP contribution in [0.2, 0.25) is 13.1 Å². The van der Waals surface area contributed by atoms with Crippen LogP contribution in [-0.4, -0.2) is 9.52 Å². The van der Waals surface area contributed by atoms with Gasteiger partial charge in [-0.2, -0.15) is 23.1 Å². The Labute approximate surface area is 167 Å². The quantitative estimate of drug-likeness (QED) is 0.251. The van der Waals surface area contributed by atoms with E-state index >= 15 is 0 Å². The van der Waals surface area contributed by atoms with E-state index in [-0.39, 0.29) is 26.2 Å². The van der Waals surface area contributed by atoms with E-state index in [1.54, 1.807) is 0 Å². The Hall–Kier alpha value is -1.24. The third-order valence-electron chi connectivity index (χ3n) is 3.70. The summed E-state index contributed by atoms with van der Waals surface area (Å²) in [5.74, 6) is 0. The molecule has 0 nitrogen and oxygen atoms in total. The van der Waals surface area contributed by atoms with Gasteiger partial charge in [0.25, 0.3) is 0 Å². The summed E-state index contributed by atoms with van der Waals surface area (Å²) in [4.78, 5) is 0. The van der Waals surface area contributed by atoms with E-state index in [1.165, 1.54) is 27.1 Å². The zero-order chi connectivity index (χ0) is 16.5. The van der Waals surface area contributed by atoms with E-state index < -0.39 is 0 Å². The molecule has 0 unspecified atom stereocenters. The first-order valence-corrected chi connectivity index (χ1v) is 10.1. The number of benzene rings is 2. The summed E-state index contributed by atoms with van der Waals surface area (Å²) >= 11 is 0. The van der Waals surface area contributed by atoms with Crippen LogP contribution in [0.25, 0.3) is 21.5 Å². The fraction of sp³-hybridized carbons (Fsp3) is 0.182. The third kappa shape index (κ3) is 5.69. The minimum absolute atomic E-state index is 0. The molecular formula is C22H24SiZr. The molecule has 0 saturated heterocycles. The first-order valence-electron chi connectivity index (χ1n) is 8.12. The van der Waals surface area contributed by atoms with E-state index in [4.69, 9.17) is 0 Å². The van der Waals surface area contributed by atoms with Gasteiger partial charge in [0, 0.05) is 9.52 Å². The molecule has 2 heteroatoms. The van der Waals surface area contributed by atoms with Gasteiger partial charge in [-0.25, -0.2) is 0 Å². The van der Waals surface area contributed by atoms with Crippen LogP contribution in [0, 0.1) is 0 Å². The Balaban J connectivity index is 0.000000202. The van der Waals surface area contributed by atoms with Crippen LogP contribution >= 0.6 is 0 Å². The molecule has 24 heavy (non-hydrogen) atoms.